The van der Waals surface area contributed by atoms with Crippen molar-refractivity contribution in [3.8, 4) is 0 Å². The zero-order valence-corrected chi connectivity index (χ0v) is 17.9. The summed E-state index contributed by atoms with van der Waals surface area (Å²) in [7, 11) is 0. The third-order valence-corrected chi connectivity index (χ3v) is 5.08. The lowest BCUT2D eigenvalue weighted by molar-refractivity contribution is -0.123. The molecule has 1 heterocycles. The summed E-state index contributed by atoms with van der Waals surface area (Å²) in [5.41, 5.74) is 3.31. The maximum absolute atomic E-state index is 13.1. The van der Waals surface area contributed by atoms with Gasteiger partial charge in [0, 0.05) is 16.0 Å². The predicted molar refractivity (Wildman–Crippen MR) is 126 cm³/mol. The van der Waals surface area contributed by atoms with Gasteiger partial charge in [-0.1, -0.05) is 60.1 Å². The van der Waals surface area contributed by atoms with Crippen LogP contribution in [0.3, 0.4) is 0 Å². The van der Waals surface area contributed by atoms with Crippen LogP contribution >= 0.6 is 11.6 Å². The van der Waals surface area contributed by atoms with E-state index in [-0.39, 0.29) is 5.69 Å². The molecule has 0 saturated heterocycles. The molecule has 1 aromatic heterocycles. The molecule has 33 heavy (non-hydrogen) atoms. The van der Waals surface area contributed by atoms with Crippen molar-refractivity contribution in [3.63, 3.8) is 0 Å². The van der Waals surface area contributed by atoms with Gasteiger partial charge in [-0.15, -0.1) is 0 Å². The van der Waals surface area contributed by atoms with E-state index < -0.39 is 23.4 Å². The summed E-state index contributed by atoms with van der Waals surface area (Å²) in [6, 6.07) is 20.8. The van der Waals surface area contributed by atoms with Crippen LogP contribution < -0.4 is 16.3 Å². The molecule has 4 rings (SSSR count). The van der Waals surface area contributed by atoms with E-state index in [1.165, 1.54) is 6.21 Å². The van der Waals surface area contributed by atoms with Gasteiger partial charge in [-0.2, -0.15) is 10.2 Å². The lowest BCUT2D eigenvalue weighted by Crippen LogP contribution is -2.40. The van der Waals surface area contributed by atoms with E-state index in [9.17, 15) is 14.4 Å². The fourth-order valence-electron chi connectivity index (χ4n) is 3.20. The first kappa shape index (κ1) is 21.9. The highest BCUT2D eigenvalue weighted by atomic mass is 35.5. The molecular formula is C24H18ClN5O3. The van der Waals surface area contributed by atoms with E-state index >= 15 is 0 Å². The summed E-state index contributed by atoms with van der Waals surface area (Å²) >= 11 is 5.88. The number of hydrogen-bond donors (Lipinski definition) is 3. The van der Waals surface area contributed by atoms with Gasteiger partial charge in [0.2, 0.25) is 0 Å². The Bertz CT molecular complexity index is 1380. The number of amides is 2. The SMILES string of the molecule is O=C(N[C@@H](C(=O)N/N=C\c1ccc(Cl)cc1)c1n[nH]c(=O)c2ccccc12)c1ccccc1. The van der Waals surface area contributed by atoms with Gasteiger partial charge < -0.3 is 5.32 Å². The summed E-state index contributed by atoms with van der Waals surface area (Å²) in [6.45, 7) is 0. The number of fused-ring (bicyclic) bond motifs is 1. The van der Waals surface area contributed by atoms with Gasteiger partial charge in [-0.3, -0.25) is 14.4 Å². The molecule has 0 radical (unpaired) electrons. The number of hydrazone groups is 1. The third kappa shape index (κ3) is 5.13. The zero-order chi connectivity index (χ0) is 23.2. The zero-order valence-electron chi connectivity index (χ0n) is 17.2. The Labute approximate surface area is 193 Å². The summed E-state index contributed by atoms with van der Waals surface area (Å²) in [4.78, 5) is 38.1. The van der Waals surface area contributed by atoms with Crippen molar-refractivity contribution in [1.82, 2.24) is 20.9 Å². The quantitative estimate of drug-likeness (QED) is 0.303. The molecule has 9 heteroatoms. The van der Waals surface area contributed by atoms with Crippen molar-refractivity contribution in [3.05, 3.63) is 111 Å². The molecule has 0 aliphatic carbocycles. The highest BCUT2D eigenvalue weighted by Crippen LogP contribution is 2.20. The molecule has 0 bridgehead atoms. The second kappa shape index (κ2) is 9.88. The second-order valence-electron chi connectivity index (χ2n) is 7.04. The van der Waals surface area contributed by atoms with Crippen molar-refractivity contribution >= 4 is 40.4 Å². The van der Waals surface area contributed by atoms with Crippen LogP contribution in [-0.4, -0.2) is 28.2 Å². The van der Waals surface area contributed by atoms with Crippen LogP contribution in [0.5, 0.6) is 0 Å². The first-order valence-corrected chi connectivity index (χ1v) is 10.3. The van der Waals surface area contributed by atoms with Crippen LogP contribution in [0.4, 0.5) is 0 Å². The highest BCUT2D eigenvalue weighted by molar-refractivity contribution is 6.30. The van der Waals surface area contributed by atoms with Gasteiger partial charge in [-0.25, -0.2) is 10.5 Å². The Hall–Kier alpha value is -4.30. The van der Waals surface area contributed by atoms with E-state index in [1.807, 2.05) is 0 Å². The normalized spacial score (nSPS) is 11.9. The topological polar surface area (TPSA) is 116 Å². The van der Waals surface area contributed by atoms with Crippen molar-refractivity contribution in [2.45, 2.75) is 6.04 Å². The minimum atomic E-state index is -1.22. The molecule has 0 aliphatic rings. The molecule has 1 atom stereocenters. The van der Waals surface area contributed by atoms with Crippen molar-refractivity contribution in [1.29, 1.82) is 0 Å². The average molecular weight is 460 g/mol. The Morgan fingerprint density at radius 2 is 1.61 bits per heavy atom. The maximum Gasteiger partial charge on any atom is 0.272 e. The van der Waals surface area contributed by atoms with E-state index in [0.717, 1.165) is 5.56 Å². The summed E-state index contributed by atoms with van der Waals surface area (Å²) < 4.78 is 0. The number of nitrogens with zero attached hydrogens (tertiary/aromatic N) is 2. The number of H-pyrrole nitrogens is 1. The number of halogens is 1. The lowest BCUT2D eigenvalue weighted by atomic mass is 10.0. The van der Waals surface area contributed by atoms with E-state index in [4.69, 9.17) is 11.6 Å². The van der Waals surface area contributed by atoms with Gasteiger partial charge in [0.1, 0.15) is 5.69 Å². The summed E-state index contributed by atoms with van der Waals surface area (Å²) in [6.07, 6.45) is 1.45. The van der Waals surface area contributed by atoms with Crippen molar-refractivity contribution < 1.29 is 9.59 Å². The lowest BCUT2D eigenvalue weighted by Gasteiger charge is -2.18. The first-order chi connectivity index (χ1) is 16.0. The molecule has 0 aliphatic heterocycles. The van der Waals surface area contributed by atoms with Crippen LogP contribution in [-0.2, 0) is 4.79 Å². The van der Waals surface area contributed by atoms with E-state index in [0.29, 0.717) is 21.4 Å². The molecule has 0 spiro atoms. The van der Waals surface area contributed by atoms with Crippen LogP contribution in [0.2, 0.25) is 5.02 Å². The number of carbonyl (C=O) groups excluding carboxylic acids is 2. The molecule has 0 unspecified atom stereocenters. The Morgan fingerprint density at radius 1 is 0.939 bits per heavy atom. The molecular weight excluding hydrogens is 442 g/mol. The van der Waals surface area contributed by atoms with Gasteiger partial charge in [-0.05, 0) is 35.9 Å². The van der Waals surface area contributed by atoms with Gasteiger partial charge in [0.25, 0.3) is 17.4 Å². The molecule has 2 amide bonds. The fourth-order valence-corrected chi connectivity index (χ4v) is 3.33. The van der Waals surface area contributed by atoms with Gasteiger partial charge in [0.05, 0.1) is 11.6 Å². The van der Waals surface area contributed by atoms with Crippen molar-refractivity contribution in [2.24, 2.45) is 5.10 Å². The number of aromatic amines is 1. The molecule has 164 valence electrons. The molecule has 3 aromatic carbocycles. The van der Waals surface area contributed by atoms with Crippen LogP contribution in [0.1, 0.15) is 27.7 Å². The Balaban J connectivity index is 1.66. The molecule has 8 nitrogen and oxygen atoms in total. The largest absolute Gasteiger partial charge is 0.335 e. The minimum absolute atomic E-state index is 0.189. The average Bonchev–Trinajstić information content (AvgIpc) is 2.85. The number of aromatic nitrogens is 2. The smallest absolute Gasteiger partial charge is 0.272 e. The van der Waals surface area contributed by atoms with Gasteiger partial charge >= 0.3 is 0 Å². The molecule has 4 aromatic rings. The summed E-state index contributed by atoms with van der Waals surface area (Å²) in [5, 5.41) is 14.5. The fraction of sp³-hybridized carbons (Fsp3) is 0.0417. The van der Waals surface area contributed by atoms with Gasteiger partial charge in [0.15, 0.2) is 6.04 Å². The standard InChI is InChI=1S/C24H18ClN5O3/c25-17-12-10-15(11-13-17)14-26-29-24(33)21(27-22(31)16-6-2-1-3-7-16)20-18-8-4-5-9-19(18)23(32)30-28-20/h1-14,21H,(H,27,31)(H,29,33)(H,30,32)/b26-14-/t21-/m1/s1. The minimum Gasteiger partial charge on any atom is -0.335 e. The van der Waals surface area contributed by atoms with E-state index in [2.05, 4.69) is 26.0 Å². The number of benzene rings is 3. The van der Waals surface area contributed by atoms with Crippen molar-refractivity contribution in [2.75, 3.05) is 0 Å². The van der Waals surface area contributed by atoms with Crippen LogP contribution in [0.25, 0.3) is 10.8 Å². The summed E-state index contributed by atoms with van der Waals surface area (Å²) in [5.74, 6) is -1.11. The monoisotopic (exact) mass is 459 g/mol. The molecule has 0 saturated carbocycles. The predicted octanol–water partition coefficient (Wildman–Crippen LogP) is 3.20. The number of rotatable bonds is 6. The molecule has 0 fully saturated rings. The highest BCUT2D eigenvalue weighted by Gasteiger charge is 2.27. The second-order valence-corrected chi connectivity index (χ2v) is 7.48. The Kier molecular flexibility index (Phi) is 6.56. The Morgan fingerprint density at radius 3 is 2.33 bits per heavy atom. The number of nitrogens with one attached hydrogen (secondary N) is 3. The number of hydrogen-bond acceptors (Lipinski definition) is 5. The van der Waals surface area contributed by atoms with Crippen LogP contribution in [0, 0.1) is 0 Å². The third-order valence-electron chi connectivity index (χ3n) is 4.83. The maximum atomic E-state index is 13.1. The van der Waals surface area contributed by atoms with Crippen LogP contribution in [0.15, 0.2) is 88.8 Å². The van der Waals surface area contributed by atoms with E-state index in [1.54, 1.807) is 78.9 Å². The first-order valence-electron chi connectivity index (χ1n) is 9.94. The molecule has 3 N–H and O–H groups in total. The number of carbonyl (C=O) groups is 2.